The minimum Gasteiger partial charge on any atom is -0.416 e. The fourth-order valence-electron chi connectivity index (χ4n) is 2.19. The Morgan fingerprint density at radius 3 is 1.57 bits per heavy atom. The quantitative estimate of drug-likeness (QED) is 0.703. The molecule has 0 fully saturated rings. The van der Waals surface area contributed by atoms with Crippen molar-refractivity contribution in [3.8, 4) is 22.9 Å². The zero-order chi connectivity index (χ0) is 15.0. The summed E-state index contributed by atoms with van der Waals surface area (Å²) in [6.07, 6.45) is 0. The fraction of sp³-hybridized carbons (Fsp3) is 0.125. The standard InChI is InChI=1S/C16H16N4O/c1-9-3-5-11(13(17)7-9)15-19-20-16(21-15)12-6-4-10(2)8-14(12)18/h3-8H,17-18H2,1-2H3. The van der Waals surface area contributed by atoms with Crippen LogP contribution in [-0.4, -0.2) is 10.2 Å². The first kappa shape index (κ1) is 13.2. The number of nitrogen functional groups attached to an aromatic ring is 2. The van der Waals surface area contributed by atoms with Crippen LogP contribution in [-0.2, 0) is 0 Å². The molecule has 0 unspecified atom stereocenters. The van der Waals surface area contributed by atoms with Gasteiger partial charge in [0.2, 0.25) is 11.8 Å². The highest BCUT2D eigenvalue weighted by Gasteiger charge is 2.14. The lowest BCUT2D eigenvalue weighted by molar-refractivity contribution is 0.585. The second-order valence-corrected chi connectivity index (χ2v) is 5.09. The van der Waals surface area contributed by atoms with Gasteiger partial charge in [0, 0.05) is 11.4 Å². The Bertz CT molecular complexity index is 742. The van der Waals surface area contributed by atoms with Crippen LogP contribution < -0.4 is 11.5 Å². The Balaban J connectivity index is 2.03. The highest BCUT2D eigenvalue weighted by Crippen LogP contribution is 2.30. The number of rotatable bonds is 2. The summed E-state index contributed by atoms with van der Waals surface area (Å²) in [5.74, 6) is 0.782. The average molecular weight is 280 g/mol. The van der Waals surface area contributed by atoms with Crippen molar-refractivity contribution in [2.75, 3.05) is 11.5 Å². The van der Waals surface area contributed by atoms with Gasteiger partial charge >= 0.3 is 0 Å². The van der Waals surface area contributed by atoms with E-state index in [4.69, 9.17) is 15.9 Å². The van der Waals surface area contributed by atoms with E-state index >= 15 is 0 Å². The van der Waals surface area contributed by atoms with Gasteiger partial charge in [-0.1, -0.05) is 12.1 Å². The van der Waals surface area contributed by atoms with Crippen LogP contribution >= 0.6 is 0 Å². The van der Waals surface area contributed by atoms with Crippen molar-refractivity contribution in [2.45, 2.75) is 13.8 Å². The summed E-state index contributed by atoms with van der Waals surface area (Å²) in [7, 11) is 0. The number of hydrogen-bond donors (Lipinski definition) is 2. The summed E-state index contributed by atoms with van der Waals surface area (Å²) in [6, 6.07) is 11.4. The minimum absolute atomic E-state index is 0.391. The van der Waals surface area contributed by atoms with E-state index in [2.05, 4.69) is 10.2 Å². The molecule has 4 N–H and O–H groups in total. The zero-order valence-corrected chi connectivity index (χ0v) is 11.9. The summed E-state index contributed by atoms with van der Waals surface area (Å²) < 4.78 is 5.71. The average Bonchev–Trinajstić information content (AvgIpc) is 2.87. The van der Waals surface area contributed by atoms with E-state index in [1.807, 2.05) is 50.2 Å². The van der Waals surface area contributed by atoms with Gasteiger partial charge in [-0.25, -0.2) is 0 Å². The fourth-order valence-corrected chi connectivity index (χ4v) is 2.19. The molecule has 1 heterocycles. The molecule has 0 atom stereocenters. The molecule has 3 rings (SSSR count). The molecular weight excluding hydrogens is 264 g/mol. The summed E-state index contributed by atoms with van der Waals surface area (Å²) in [4.78, 5) is 0. The van der Waals surface area contributed by atoms with E-state index in [0.717, 1.165) is 22.3 Å². The monoisotopic (exact) mass is 280 g/mol. The van der Waals surface area contributed by atoms with Crippen LogP contribution in [0.3, 0.4) is 0 Å². The molecule has 3 aromatic rings. The molecule has 0 saturated heterocycles. The molecule has 5 nitrogen and oxygen atoms in total. The molecule has 1 aromatic heterocycles. The maximum absolute atomic E-state index is 6.00. The summed E-state index contributed by atoms with van der Waals surface area (Å²) >= 11 is 0. The SMILES string of the molecule is Cc1ccc(-c2nnc(-c3ccc(C)cc3N)o2)c(N)c1. The predicted octanol–water partition coefficient (Wildman–Crippen LogP) is 3.18. The molecule has 106 valence electrons. The van der Waals surface area contributed by atoms with Crippen LogP contribution in [0.5, 0.6) is 0 Å². The molecule has 0 aliphatic rings. The van der Waals surface area contributed by atoms with Gasteiger partial charge in [-0.2, -0.15) is 0 Å². The number of nitrogens with two attached hydrogens (primary N) is 2. The molecule has 0 aliphatic carbocycles. The molecule has 0 bridgehead atoms. The van der Waals surface area contributed by atoms with Gasteiger partial charge in [0.25, 0.3) is 0 Å². The predicted molar refractivity (Wildman–Crippen MR) is 83.5 cm³/mol. The summed E-state index contributed by atoms with van der Waals surface area (Å²) in [5, 5.41) is 8.13. The zero-order valence-electron chi connectivity index (χ0n) is 11.9. The van der Waals surface area contributed by atoms with E-state index in [-0.39, 0.29) is 0 Å². The van der Waals surface area contributed by atoms with Crippen molar-refractivity contribution in [2.24, 2.45) is 0 Å². The molecule has 0 spiro atoms. The second kappa shape index (κ2) is 4.94. The number of aromatic nitrogens is 2. The van der Waals surface area contributed by atoms with E-state index in [1.165, 1.54) is 0 Å². The van der Waals surface area contributed by atoms with Crippen molar-refractivity contribution in [3.63, 3.8) is 0 Å². The molecule has 0 amide bonds. The van der Waals surface area contributed by atoms with E-state index in [1.54, 1.807) is 0 Å². The van der Waals surface area contributed by atoms with Crippen molar-refractivity contribution in [3.05, 3.63) is 47.5 Å². The largest absolute Gasteiger partial charge is 0.416 e. The normalized spacial score (nSPS) is 10.8. The molecule has 2 aromatic carbocycles. The van der Waals surface area contributed by atoms with Crippen LogP contribution in [0.1, 0.15) is 11.1 Å². The lowest BCUT2D eigenvalue weighted by atomic mass is 10.1. The molecule has 0 saturated carbocycles. The summed E-state index contributed by atoms with van der Waals surface area (Å²) in [5.41, 5.74) is 16.8. The first-order valence-corrected chi connectivity index (χ1v) is 6.61. The van der Waals surface area contributed by atoms with Crippen LogP contribution in [0, 0.1) is 13.8 Å². The van der Waals surface area contributed by atoms with Gasteiger partial charge in [-0.3, -0.25) is 0 Å². The van der Waals surface area contributed by atoms with Crippen molar-refractivity contribution in [1.29, 1.82) is 0 Å². The number of aryl methyl sites for hydroxylation is 2. The Hall–Kier alpha value is -2.82. The highest BCUT2D eigenvalue weighted by atomic mass is 16.4. The number of nitrogens with zero attached hydrogens (tertiary/aromatic N) is 2. The first-order valence-electron chi connectivity index (χ1n) is 6.61. The van der Waals surface area contributed by atoms with Crippen LogP contribution in [0.2, 0.25) is 0 Å². The second-order valence-electron chi connectivity index (χ2n) is 5.09. The minimum atomic E-state index is 0.391. The Morgan fingerprint density at radius 1 is 0.762 bits per heavy atom. The Kier molecular flexibility index (Phi) is 3.10. The highest BCUT2D eigenvalue weighted by molar-refractivity contribution is 5.74. The molecule has 21 heavy (non-hydrogen) atoms. The Morgan fingerprint density at radius 2 is 1.19 bits per heavy atom. The number of anilines is 2. The van der Waals surface area contributed by atoms with Gasteiger partial charge in [-0.05, 0) is 49.2 Å². The lowest BCUT2D eigenvalue weighted by Crippen LogP contribution is -1.91. The smallest absolute Gasteiger partial charge is 0.250 e. The van der Waals surface area contributed by atoms with Crippen LogP contribution in [0.4, 0.5) is 11.4 Å². The molecule has 0 radical (unpaired) electrons. The summed E-state index contributed by atoms with van der Waals surface area (Å²) in [6.45, 7) is 3.96. The molecule has 0 aliphatic heterocycles. The maximum atomic E-state index is 6.00. The third-order valence-corrected chi connectivity index (χ3v) is 3.30. The van der Waals surface area contributed by atoms with Gasteiger partial charge < -0.3 is 15.9 Å². The van der Waals surface area contributed by atoms with Crippen LogP contribution in [0.25, 0.3) is 22.9 Å². The van der Waals surface area contributed by atoms with Crippen molar-refractivity contribution in [1.82, 2.24) is 10.2 Å². The van der Waals surface area contributed by atoms with Gasteiger partial charge in [0.05, 0.1) is 11.1 Å². The topological polar surface area (TPSA) is 91.0 Å². The molecular formula is C16H16N4O. The van der Waals surface area contributed by atoms with E-state index in [9.17, 15) is 0 Å². The van der Waals surface area contributed by atoms with Crippen molar-refractivity contribution >= 4 is 11.4 Å². The third kappa shape index (κ3) is 2.45. The Labute approximate surface area is 122 Å². The van der Waals surface area contributed by atoms with Crippen LogP contribution in [0.15, 0.2) is 40.8 Å². The first-order chi connectivity index (χ1) is 10.0. The van der Waals surface area contributed by atoms with Gasteiger partial charge in [0.1, 0.15) is 0 Å². The van der Waals surface area contributed by atoms with Gasteiger partial charge in [0.15, 0.2) is 0 Å². The van der Waals surface area contributed by atoms with Crippen molar-refractivity contribution < 1.29 is 4.42 Å². The van der Waals surface area contributed by atoms with E-state index in [0.29, 0.717) is 23.2 Å². The number of benzene rings is 2. The van der Waals surface area contributed by atoms with E-state index < -0.39 is 0 Å². The third-order valence-electron chi connectivity index (χ3n) is 3.30. The lowest BCUT2D eigenvalue weighted by Gasteiger charge is -2.03. The maximum Gasteiger partial charge on any atom is 0.250 e. The number of hydrogen-bond acceptors (Lipinski definition) is 5. The molecule has 5 heteroatoms. The van der Waals surface area contributed by atoms with Gasteiger partial charge in [-0.15, -0.1) is 10.2 Å².